The molecule has 1 aromatic heterocycles. The summed E-state index contributed by atoms with van der Waals surface area (Å²) >= 11 is 0. The van der Waals surface area contributed by atoms with Crippen LogP contribution in [0.4, 0.5) is 0 Å². The molecule has 0 saturated heterocycles. The molecule has 0 bridgehead atoms. The molecule has 0 amide bonds. The third kappa shape index (κ3) is 2.27. The minimum absolute atomic E-state index is 0.0164. The van der Waals surface area contributed by atoms with Gasteiger partial charge in [0.2, 0.25) is 5.54 Å². The zero-order valence-corrected chi connectivity index (χ0v) is 17.3. The van der Waals surface area contributed by atoms with Crippen LogP contribution >= 0.6 is 0 Å². The number of hydrogen-bond acceptors (Lipinski definition) is 0. The van der Waals surface area contributed by atoms with E-state index in [1.165, 1.54) is 38.6 Å². The Balaban J connectivity index is 1.92. The Hall–Kier alpha value is -2.41. The van der Waals surface area contributed by atoms with Crippen LogP contribution in [-0.4, -0.2) is 0 Å². The van der Waals surface area contributed by atoms with Crippen molar-refractivity contribution in [2.24, 2.45) is 0 Å². The summed E-state index contributed by atoms with van der Waals surface area (Å²) in [6.07, 6.45) is 6.71. The van der Waals surface area contributed by atoms with E-state index < -0.39 is 0 Å². The Kier molecular flexibility index (Phi) is 4.03. The zero-order chi connectivity index (χ0) is 19.4. The second-order valence-electron chi connectivity index (χ2n) is 8.25. The smallest absolute Gasteiger partial charge is 0.194 e. The van der Waals surface area contributed by atoms with Gasteiger partial charge in [0.1, 0.15) is 0 Å². The molecule has 2 atom stereocenters. The quantitative estimate of drug-likeness (QED) is 0.394. The van der Waals surface area contributed by atoms with Crippen LogP contribution in [-0.2, 0) is 11.0 Å². The molecular weight excluding hydrogens is 326 g/mol. The fraction of sp³-hybridized carbons (Fsp3) is 0.346. The number of aromatic nitrogens is 1. The van der Waals surface area contributed by atoms with Gasteiger partial charge in [0, 0.05) is 23.4 Å². The summed E-state index contributed by atoms with van der Waals surface area (Å²) in [5.74, 6) is 0. The van der Waals surface area contributed by atoms with E-state index in [1.807, 2.05) is 0 Å². The van der Waals surface area contributed by atoms with Crippen LogP contribution in [0, 0.1) is 20.8 Å². The van der Waals surface area contributed by atoms with Gasteiger partial charge in [-0.1, -0.05) is 61.9 Å². The molecule has 1 aliphatic carbocycles. The van der Waals surface area contributed by atoms with Crippen LogP contribution in [0.15, 0.2) is 67.0 Å². The van der Waals surface area contributed by atoms with Gasteiger partial charge < -0.3 is 0 Å². The van der Waals surface area contributed by atoms with E-state index in [0.717, 1.165) is 12.8 Å². The molecule has 2 unspecified atom stereocenters. The van der Waals surface area contributed by atoms with E-state index in [4.69, 9.17) is 0 Å². The molecule has 138 valence electrons. The van der Waals surface area contributed by atoms with Crippen LogP contribution < -0.4 is 4.57 Å². The summed E-state index contributed by atoms with van der Waals surface area (Å²) < 4.78 is 2.44. The lowest BCUT2D eigenvalue weighted by molar-refractivity contribution is -0.739. The highest BCUT2D eigenvalue weighted by atomic mass is 15.1. The van der Waals surface area contributed by atoms with Crippen molar-refractivity contribution in [3.63, 3.8) is 0 Å². The molecule has 0 aliphatic heterocycles. The molecule has 4 rings (SSSR count). The Morgan fingerprint density at radius 3 is 2.22 bits per heavy atom. The summed E-state index contributed by atoms with van der Waals surface area (Å²) in [5, 5.41) is 2.60. The fourth-order valence-electron chi connectivity index (χ4n) is 5.57. The van der Waals surface area contributed by atoms with Crippen LogP contribution in [0.25, 0.3) is 10.8 Å². The molecule has 0 N–H and O–H groups in total. The third-order valence-electron chi connectivity index (χ3n) is 6.92. The first-order valence-corrected chi connectivity index (χ1v) is 10.1. The Bertz CT molecular complexity index is 1060. The number of hydrogen-bond donors (Lipinski definition) is 0. The molecule has 2 aromatic carbocycles. The number of benzene rings is 2. The molecule has 1 heteroatoms. The fourth-order valence-corrected chi connectivity index (χ4v) is 5.57. The molecule has 0 radical (unpaired) electrons. The summed E-state index contributed by atoms with van der Waals surface area (Å²) in [6.45, 7) is 15.8. The lowest BCUT2D eigenvalue weighted by Crippen LogP contribution is -2.50. The number of nitrogens with zero attached hydrogens (tertiary/aromatic N) is 1. The van der Waals surface area contributed by atoms with Gasteiger partial charge in [-0.15, -0.1) is 0 Å². The molecule has 1 aliphatic rings. The second-order valence-corrected chi connectivity index (χ2v) is 8.25. The van der Waals surface area contributed by atoms with Crippen LogP contribution in [0.1, 0.15) is 48.9 Å². The summed E-state index contributed by atoms with van der Waals surface area (Å²) in [4.78, 5) is 0. The first kappa shape index (κ1) is 18.0. The maximum Gasteiger partial charge on any atom is 0.203 e. The van der Waals surface area contributed by atoms with E-state index in [9.17, 15) is 0 Å². The average molecular weight is 357 g/mol. The normalized spacial score (nSPS) is 24.4. The van der Waals surface area contributed by atoms with Gasteiger partial charge in [0.25, 0.3) is 0 Å². The van der Waals surface area contributed by atoms with Gasteiger partial charge in [0.05, 0.1) is 5.41 Å². The van der Waals surface area contributed by atoms with Crippen molar-refractivity contribution in [2.45, 2.75) is 58.4 Å². The monoisotopic (exact) mass is 356 g/mol. The van der Waals surface area contributed by atoms with E-state index in [-0.39, 0.29) is 11.0 Å². The largest absolute Gasteiger partial charge is 0.203 e. The zero-order valence-electron chi connectivity index (χ0n) is 17.3. The van der Waals surface area contributed by atoms with Crippen molar-refractivity contribution in [2.75, 3.05) is 0 Å². The van der Waals surface area contributed by atoms with E-state index in [0.29, 0.717) is 0 Å². The lowest BCUT2D eigenvalue weighted by atomic mass is 9.83. The molecular formula is C26H30N+. The van der Waals surface area contributed by atoms with E-state index in [2.05, 4.69) is 101 Å². The van der Waals surface area contributed by atoms with Crippen molar-refractivity contribution in [3.8, 4) is 0 Å². The number of aryl methyl sites for hydroxylation is 3. The number of fused-ring (bicyclic) bond motifs is 1. The van der Waals surface area contributed by atoms with Gasteiger partial charge >= 0.3 is 0 Å². The number of pyridine rings is 1. The molecule has 1 saturated carbocycles. The van der Waals surface area contributed by atoms with Gasteiger partial charge in [0.15, 0.2) is 12.4 Å². The minimum atomic E-state index is -0.0408. The van der Waals surface area contributed by atoms with Crippen molar-refractivity contribution in [3.05, 3.63) is 89.3 Å². The van der Waals surface area contributed by atoms with Crippen molar-refractivity contribution in [1.29, 1.82) is 0 Å². The highest BCUT2D eigenvalue weighted by molar-refractivity contribution is 5.81. The summed E-state index contributed by atoms with van der Waals surface area (Å²) in [5.41, 5.74) is 6.78. The van der Waals surface area contributed by atoms with Gasteiger partial charge in [-0.3, -0.25) is 0 Å². The molecule has 1 fully saturated rings. The van der Waals surface area contributed by atoms with Crippen molar-refractivity contribution >= 4 is 10.8 Å². The predicted molar refractivity (Wildman–Crippen MR) is 114 cm³/mol. The minimum Gasteiger partial charge on any atom is -0.194 e. The van der Waals surface area contributed by atoms with Crippen LogP contribution in [0.5, 0.6) is 0 Å². The average Bonchev–Trinajstić information content (AvgIpc) is 3.20. The summed E-state index contributed by atoms with van der Waals surface area (Å²) in [7, 11) is 0. The lowest BCUT2D eigenvalue weighted by Gasteiger charge is -2.21. The SMILES string of the molecule is C=C1C(CC)(c2ccc(C)cc2C)C1(CC)[n+]1ccc2cc(C)ccc2c1. The van der Waals surface area contributed by atoms with Gasteiger partial charge in [-0.05, 0) is 49.8 Å². The predicted octanol–water partition coefficient (Wildman–Crippen LogP) is 6.08. The maximum atomic E-state index is 4.61. The molecule has 1 heterocycles. The highest BCUT2D eigenvalue weighted by Gasteiger charge is 2.78. The van der Waals surface area contributed by atoms with E-state index in [1.54, 1.807) is 0 Å². The van der Waals surface area contributed by atoms with Gasteiger partial charge in [-0.25, -0.2) is 0 Å². The number of rotatable bonds is 4. The van der Waals surface area contributed by atoms with Crippen LogP contribution in [0.3, 0.4) is 0 Å². The number of allylic oxidation sites excluding steroid dienone is 1. The van der Waals surface area contributed by atoms with Crippen LogP contribution in [0.2, 0.25) is 0 Å². The van der Waals surface area contributed by atoms with Gasteiger partial charge in [-0.2, -0.15) is 4.57 Å². The molecule has 1 nitrogen and oxygen atoms in total. The Labute approximate surface area is 163 Å². The van der Waals surface area contributed by atoms with Crippen molar-refractivity contribution in [1.82, 2.24) is 0 Å². The van der Waals surface area contributed by atoms with E-state index >= 15 is 0 Å². The third-order valence-corrected chi connectivity index (χ3v) is 6.92. The van der Waals surface area contributed by atoms with Crippen molar-refractivity contribution < 1.29 is 4.57 Å². The highest BCUT2D eigenvalue weighted by Crippen LogP contribution is 2.68. The first-order valence-electron chi connectivity index (χ1n) is 10.1. The first-order chi connectivity index (χ1) is 12.9. The molecule has 3 aromatic rings. The second kappa shape index (κ2) is 6.05. The maximum absolute atomic E-state index is 4.61. The summed E-state index contributed by atoms with van der Waals surface area (Å²) in [6, 6.07) is 15.9. The standard InChI is InChI=1S/C26H30N/c1-7-25(24-12-10-18(3)15-20(24)5)21(6)26(25,8-2)27-14-13-22-16-19(4)9-11-23(22)17-27/h9-17H,6-8H2,1-5H3/q+1. The molecule has 27 heavy (non-hydrogen) atoms. The molecule has 0 spiro atoms. The Morgan fingerprint density at radius 2 is 1.56 bits per heavy atom. The Morgan fingerprint density at radius 1 is 0.852 bits per heavy atom. The topological polar surface area (TPSA) is 3.88 Å².